The summed E-state index contributed by atoms with van der Waals surface area (Å²) in [7, 11) is 1.67. The molecule has 0 aliphatic carbocycles. The first-order chi connectivity index (χ1) is 9.54. The van der Waals surface area contributed by atoms with Crippen LogP contribution in [-0.2, 0) is 11.2 Å². The van der Waals surface area contributed by atoms with Crippen molar-refractivity contribution >= 4 is 12.0 Å². The van der Waals surface area contributed by atoms with Gasteiger partial charge < -0.3 is 20.3 Å². The van der Waals surface area contributed by atoms with E-state index in [1.54, 1.807) is 13.2 Å². The van der Waals surface area contributed by atoms with Crippen LogP contribution in [0.4, 0.5) is 4.79 Å². The van der Waals surface area contributed by atoms with Crippen molar-refractivity contribution in [3.8, 4) is 0 Å². The number of carbonyl (C=O) groups excluding carboxylic acids is 1. The van der Waals surface area contributed by atoms with Gasteiger partial charge in [0.1, 0.15) is 6.04 Å². The number of carbonyl (C=O) groups is 2. The summed E-state index contributed by atoms with van der Waals surface area (Å²) in [5.41, 5.74) is 0.673. The fraction of sp³-hybridized carbons (Fsp3) is 0.615. The number of hydrogen-bond acceptors (Lipinski definition) is 3. The Morgan fingerprint density at radius 3 is 2.80 bits per heavy atom. The predicted molar refractivity (Wildman–Crippen MR) is 74.4 cm³/mol. The molecule has 0 fully saturated rings. The predicted octanol–water partition coefficient (Wildman–Crippen LogP) is 1.24. The molecule has 0 aliphatic heterocycles. The van der Waals surface area contributed by atoms with Crippen LogP contribution in [0.15, 0.2) is 12.5 Å². The van der Waals surface area contributed by atoms with Gasteiger partial charge in [-0.15, -0.1) is 0 Å². The highest BCUT2D eigenvalue weighted by Crippen LogP contribution is 2.01. The maximum atomic E-state index is 11.9. The summed E-state index contributed by atoms with van der Waals surface area (Å²) >= 11 is 0. The number of nitrogens with zero attached hydrogens (tertiary/aromatic N) is 2. The third-order valence-electron chi connectivity index (χ3n) is 3.02. The molecule has 0 aromatic carbocycles. The minimum atomic E-state index is -1.06. The molecule has 0 bridgehead atoms. The lowest BCUT2D eigenvalue weighted by Gasteiger charge is -2.21. The highest BCUT2D eigenvalue weighted by Gasteiger charge is 2.22. The van der Waals surface area contributed by atoms with E-state index in [1.165, 1.54) is 11.2 Å². The van der Waals surface area contributed by atoms with Gasteiger partial charge in [0.15, 0.2) is 0 Å². The number of carboxylic acid groups (broad SMARTS) is 1. The standard InChI is InChI=1S/C13H22N4O3/c1-3-4-5-6-17(2)13(20)16-11(12(18)19)7-10-8-14-9-15-10/h8-9,11H,3-7H2,1-2H3,(H,14,15)(H,16,20)(H,18,19)/t11-/m1/s1. The van der Waals surface area contributed by atoms with Crippen LogP contribution < -0.4 is 5.32 Å². The van der Waals surface area contributed by atoms with E-state index >= 15 is 0 Å². The van der Waals surface area contributed by atoms with E-state index < -0.39 is 12.0 Å². The number of hydrogen-bond donors (Lipinski definition) is 3. The van der Waals surface area contributed by atoms with E-state index in [9.17, 15) is 9.59 Å². The highest BCUT2D eigenvalue weighted by molar-refractivity contribution is 5.82. The average molecular weight is 282 g/mol. The topological polar surface area (TPSA) is 98.3 Å². The molecule has 112 valence electrons. The lowest BCUT2D eigenvalue weighted by atomic mass is 10.1. The van der Waals surface area contributed by atoms with Gasteiger partial charge in [0, 0.05) is 31.9 Å². The first-order valence-corrected chi connectivity index (χ1v) is 6.76. The van der Waals surface area contributed by atoms with Gasteiger partial charge in [-0.25, -0.2) is 14.6 Å². The lowest BCUT2D eigenvalue weighted by molar-refractivity contribution is -0.139. The van der Waals surface area contributed by atoms with Crippen LogP contribution in [0.3, 0.4) is 0 Å². The Morgan fingerprint density at radius 2 is 2.25 bits per heavy atom. The molecule has 3 N–H and O–H groups in total. The van der Waals surface area contributed by atoms with Gasteiger partial charge in [-0.2, -0.15) is 0 Å². The van der Waals surface area contributed by atoms with Crippen molar-refractivity contribution in [3.05, 3.63) is 18.2 Å². The zero-order chi connectivity index (χ0) is 15.0. The van der Waals surface area contributed by atoms with Gasteiger partial charge in [-0.3, -0.25) is 0 Å². The van der Waals surface area contributed by atoms with Crippen LogP contribution >= 0.6 is 0 Å². The third-order valence-corrected chi connectivity index (χ3v) is 3.02. The Balaban J connectivity index is 2.48. The number of aromatic amines is 1. The number of nitrogens with one attached hydrogen (secondary N) is 2. The van der Waals surface area contributed by atoms with Gasteiger partial charge in [-0.1, -0.05) is 19.8 Å². The molecule has 7 heteroatoms. The van der Waals surface area contributed by atoms with Gasteiger partial charge in [0.25, 0.3) is 0 Å². The van der Waals surface area contributed by atoms with Crippen molar-refractivity contribution in [3.63, 3.8) is 0 Å². The summed E-state index contributed by atoms with van der Waals surface area (Å²) in [6, 6.07) is -1.33. The molecular formula is C13H22N4O3. The van der Waals surface area contributed by atoms with E-state index in [2.05, 4.69) is 22.2 Å². The van der Waals surface area contributed by atoms with Crippen LogP contribution in [0.5, 0.6) is 0 Å². The second-order valence-electron chi connectivity index (χ2n) is 4.75. The number of aliphatic carboxylic acids is 1. The van der Waals surface area contributed by atoms with E-state index in [1.807, 2.05) is 0 Å². The molecule has 1 aromatic heterocycles. The summed E-state index contributed by atoms with van der Waals surface area (Å²) < 4.78 is 0. The smallest absolute Gasteiger partial charge is 0.326 e. The zero-order valence-electron chi connectivity index (χ0n) is 11.9. The Bertz CT molecular complexity index is 419. The number of rotatable bonds is 8. The van der Waals surface area contributed by atoms with Crippen molar-refractivity contribution in [2.24, 2.45) is 0 Å². The lowest BCUT2D eigenvalue weighted by Crippen LogP contribution is -2.48. The number of carboxylic acids is 1. The number of aromatic nitrogens is 2. The Morgan fingerprint density at radius 1 is 1.50 bits per heavy atom. The van der Waals surface area contributed by atoms with Crippen molar-refractivity contribution < 1.29 is 14.7 Å². The molecule has 0 spiro atoms. The molecule has 20 heavy (non-hydrogen) atoms. The molecule has 7 nitrogen and oxygen atoms in total. The quantitative estimate of drug-likeness (QED) is 0.625. The molecule has 0 unspecified atom stereocenters. The minimum absolute atomic E-state index is 0.184. The molecular weight excluding hydrogens is 260 g/mol. The Hall–Kier alpha value is -2.05. The summed E-state index contributed by atoms with van der Waals surface area (Å²) in [5, 5.41) is 11.7. The van der Waals surface area contributed by atoms with E-state index in [0.29, 0.717) is 12.2 Å². The summed E-state index contributed by atoms with van der Waals surface area (Å²) in [6.07, 6.45) is 6.25. The van der Waals surface area contributed by atoms with Crippen molar-refractivity contribution in [2.75, 3.05) is 13.6 Å². The molecule has 0 aliphatic rings. The number of urea groups is 1. The van der Waals surface area contributed by atoms with E-state index in [-0.39, 0.29) is 12.5 Å². The number of unbranched alkanes of at least 4 members (excludes halogenated alkanes) is 2. The molecule has 1 atom stereocenters. The van der Waals surface area contributed by atoms with Crippen LogP contribution in [0, 0.1) is 0 Å². The average Bonchev–Trinajstić information content (AvgIpc) is 2.90. The molecule has 1 heterocycles. The monoisotopic (exact) mass is 282 g/mol. The number of H-pyrrole nitrogens is 1. The van der Waals surface area contributed by atoms with E-state index in [4.69, 9.17) is 5.11 Å². The van der Waals surface area contributed by atoms with Crippen molar-refractivity contribution in [1.82, 2.24) is 20.2 Å². The Kier molecular flexibility index (Phi) is 6.55. The molecule has 0 saturated heterocycles. The highest BCUT2D eigenvalue weighted by atomic mass is 16.4. The normalized spacial score (nSPS) is 11.9. The fourth-order valence-electron chi connectivity index (χ4n) is 1.78. The van der Waals surface area contributed by atoms with Crippen LogP contribution in [-0.4, -0.2) is 51.6 Å². The summed E-state index contributed by atoms with van der Waals surface area (Å²) in [4.78, 5) is 31.2. The largest absolute Gasteiger partial charge is 0.480 e. The van der Waals surface area contributed by atoms with Gasteiger partial charge in [0.05, 0.1) is 6.33 Å². The van der Waals surface area contributed by atoms with Gasteiger partial charge in [-0.05, 0) is 6.42 Å². The first kappa shape index (κ1) is 16.0. The molecule has 1 rings (SSSR count). The van der Waals surface area contributed by atoms with E-state index in [0.717, 1.165) is 19.3 Å². The number of imidazole rings is 1. The first-order valence-electron chi connectivity index (χ1n) is 6.76. The fourth-order valence-corrected chi connectivity index (χ4v) is 1.78. The third kappa shape index (κ3) is 5.29. The SMILES string of the molecule is CCCCCN(C)C(=O)N[C@H](Cc1cnc[nH]1)C(=O)O. The molecule has 2 amide bonds. The molecule has 1 aromatic rings. The van der Waals surface area contributed by atoms with Crippen molar-refractivity contribution in [1.29, 1.82) is 0 Å². The second-order valence-corrected chi connectivity index (χ2v) is 4.75. The minimum Gasteiger partial charge on any atom is -0.480 e. The van der Waals surface area contributed by atoms with Gasteiger partial charge in [0.2, 0.25) is 0 Å². The van der Waals surface area contributed by atoms with Crippen LogP contribution in [0.25, 0.3) is 0 Å². The number of amides is 2. The molecule has 0 radical (unpaired) electrons. The Labute approximate surface area is 118 Å². The van der Waals surface area contributed by atoms with Crippen LogP contribution in [0.1, 0.15) is 31.9 Å². The van der Waals surface area contributed by atoms with Crippen molar-refractivity contribution in [2.45, 2.75) is 38.6 Å². The maximum Gasteiger partial charge on any atom is 0.326 e. The molecule has 0 saturated carbocycles. The second kappa shape index (κ2) is 8.19. The maximum absolute atomic E-state index is 11.9. The summed E-state index contributed by atoms with van der Waals surface area (Å²) in [5.74, 6) is -1.06. The van der Waals surface area contributed by atoms with Gasteiger partial charge >= 0.3 is 12.0 Å². The van der Waals surface area contributed by atoms with Crippen LogP contribution in [0.2, 0.25) is 0 Å². The summed E-state index contributed by atoms with van der Waals surface area (Å²) in [6.45, 7) is 2.71. The zero-order valence-corrected chi connectivity index (χ0v) is 11.9.